The van der Waals surface area contributed by atoms with Gasteiger partial charge < -0.3 is 16.0 Å². The predicted molar refractivity (Wildman–Crippen MR) is 119 cm³/mol. The van der Waals surface area contributed by atoms with E-state index in [0.717, 1.165) is 0 Å². The highest BCUT2D eigenvalue weighted by molar-refractivity contribution is 5.90. The molecule has 0 spiro atoms. The fourth-order valence-corrected chi connectivity index (χ4v) is 4.07. The summed E-state index contributed by atoms with van der Waals surface area (Å²) in [7, 11) is 0. The minimum atomic E-state index is -0.538. The quantitative estimate of drug-likeness (QED) is 0.187. The minimum absolute atomic E-state index is 0.300. The van der Waals surface area contributed by atoms with E-state index in [1.54, 1.807) is 0 Å². The van der Waals surface area contributed by atoms with Gasteiger partial charge >= 0.3 is 0 Å². The Morgan fingerprint density at radius 3 is 1.12 bits per heavy atom. The Labute approximate surface area is 190 Å². The number of hydrazine groups is 3. The zero-order valence-electron chi connectivity index (χ0n) is 18.2. The normalized spacial score (nSPS) is 25.8. The van der Waals surface area contributed by atoms with Crippen molar-refractivity contribution in [3.05, 3.63) is 0 Å². The molecule has 1 fully saturated rings. The fourth-order valence-electron chi connectivity index (χ4n) is 4.07. The summed E-state index contributed by atoms with van der Waals surface area (Å²) < 4.78 is 0. The largest absolute Gasteiger partial charge is 0.353 e. The van der Waals surface area contributed by atoms with Gasteiger partial charge in [0.05, 0.1) is 19.6 Å². The Bertz CT molecular complexity index is 741. The number of amides is 3. The lowest BCUT2D eigenvalue weighted by molar-refractivity contribution is -0.135. The highest BCUT2D eigenvalue weighted by Crippen LogP contribution is 2.34. The summed E-state index contributed by atoms with van der Waals surface area (Å²) in [5.74, 6) is -1.04. The third-order valence-corrected chi connectivity index (χ3v) is 5.75. The Morgan fingerprint density at radius 1 is 0.576 bits per heavy atom. The van der Waals surface area contributed by atoms with Crippen LogP contribution in [0.25, 0.3) is 0 Å². The molecule has 0 atom stereocenters. The first kappa shape index (κ1) is 22.4. The molecule has 0 aromatic heterocycles. The van der Waals surface area contributed by atoms with E-state index >= 15 is 0 Å². The average Bonchev–Trinajstić information content (AvgIpc) is 3.63. The van der Waals surface area contributed by atoms with E-state index in [-0.39, 0.29) is 17.7 Å². The summed E-state index contributed by atoms with van der Waals surface area (Å²) in [6.07, 6.45) is 0.935. The maximum absolute atomic E-state index is 12.8. The molecule has 0 aromatic carbocycles. The Balaban J connectivity index is 1.35. The van der Waals surface area contributed by atoms with Gasteiger partial charge in [-0.15, -0.1) is 0 Å². The average molecular weight is 463 g/mol. The number of carbonyl (C=O) groups excluding carboxylic acids is 3. The topological polar surface area (TPSA) is 197 Å². The molecule has 180 valence electrons. The van der Waals surface area contributed by atoms with Gasteiger partial charge in [-0.2, -0.15) is 0 Å². The van der Waals surface area contributed by atoms with Gasteiger partial charge in [0.15, 0.2) is 0 Å². The van der Waals surface area contributed by atoms with Crippen LogP contribution in [0.15, 0.2) is 15.0 Å². The van der Waals surface area contributed by atoms with Crippen molar-refractivity contribution in [3.8, 4) is 0 Å². The van der Waals surface area contributed by atoms with Crippen molar-refractivity contribution in [1.29, 1.82) is 0 Å². The zero-order chi connectivity index (χ0) is 23.0. The standard InChI is InChI=1S/C18H30N12O3/c31-13(25-28-16-19-1-2-20-16)10-7-11(14(32)26-29-17-21-3-4-22-17)9-12(8-10)15(33)27-30-18-23-5-6-24-18/h10-12H,1-9H2,(H,25,31)(H,26,32)(H,27,33)(H2,19,20,28)(H2,21,22,29)(H2,23,24,30). The third kappa shape index (κ3) is 6.14. The molecule has 0 radical (unpaired) electrons. The van der Waals surface area contributed by atoms with E-state index in [1.165, 1.54) is 0 Å². The molecule has 1 saturated carbocycles. The van der Waals surface area contributed by atoms with Crippen LogP contribution < -0.4 is 48.5 Å². The van der Waals surface area contributed by atoms with Crippen molar-refractivity contribution < 1.29 is 14.4 Å². The van der Waals surface area contributed by atoms with E-state index in [2.05, 4.69) is 63.5 Å². The maximum Gasteiger partial charge on any atom is 0.241 e. The van der Waals surface area contributed by atoms with Crippen LogP contribution >= 0.6 is 0 Å². The highest BCUT2D eigenvalue weighted by Gasteiger charge is 2.39. The van der Waals surface area contributed by atoms with Crippen molar-refractivity contribution >= 4 is 35.6 Å². The molecular weight excluding hydrogens is 432 g/mol. The molecule has 3 heterocycles. The SMILES string of the molecule is O=C(NNC1=NCCN1)C1CC(C(=O)NNC2=NCCN2)CC(C(=O)NNC2=NCCN2)C1. The minimum Gasteiger partial charge on any atom is -0.353 e. The van der Waals surface area contributed by atoms with E-state index in [4.69, 9.17) is 0 Å². The van der Waals surface area contributed by atoms with Gasteiger partial charge in [0.25, 0.3) is 0 Å². The molecule has 0 saturated heterocycles. The van der Waals surface area contributed by atoms with E-state index in [0.29, 0.717) is 76.4 Å². The molecule has 15 heteroatoms. The Kier molecular flexibility index (Phi) is 7.26. The van der Waals surface area contributed by atoms with Crippen LogP contribution in [0.4, 0.5) is 0 Å². The first-order valence-electron chi connectivity index (χ1n) is 11.1. The van der Waals surface area contributed by atoms with Crippen molar-refractivity contribution in [2.24, 2.45) is 32.7 Å². The van der Waals surface area contributed by atoms with Gasteiger partial charge in [-0.1, -0.05) is 0 Å². The summed E-state index contributed by atoms with van der Waals surface area (Å²) in [5, 5.41) is 9.00. The molecule has 3 aliphatic heterocycles. The molecule has 3 amide bonds. The predicted octanol–water partition coefficient (Wildman–Crippen LogP) is -4.24. The molecule has 1 aliphatic carbocycles. The monoisotopic (exact) mass is 462 g/mol. The lowest BCUT2D eigenvalue weighted by atomic mass is 9.74. The number of hydrogen-bond acceptors (Lipinski definition) is 12. The smallest absolute Gasteiger partial charge is 0.241 e. The number of guanidine groups is 3. The molecule has 4 aliphatic rings. The molecule has 9 N–H and O–H groups in total. The number of nitrogens with one attached hydrogen (secondary N) is 9. The summed E-state index contributed by atoms with van der Waals surface area (Å²) in [6.45, 7) is 4.00. The van der Waals surface area contributed by atoms with Gasteiger partial charge in [0.1, 0.15) is 0 Å². The summed E-state index contributed by atoms with van der Waals surface area (Å²) in [5.41, 5.74) is 16.2. The van der Waals surface area contributed by atoms with Gasteiger partial charge in [-0.25, -0.2) is 0 Å². The van der Waals surface area contributed by atoms with E-state index in [9.17, 15) is 14.4 Å². The Hall–Kier alpha value is -3.78. The first-order valence-corrected chi connectivity index (χ1v) is 11.1. The zero-order valence-corrected chi connectivity index (χ0v) is 18.2. The van der Waals surface area contributed by atoms with Crippen molar-refractivity contribution in [1.82, 2.24) is 48.5 Å². The second-order valence-electron chi connectivity index (χ2n) is 8.11. The van der Waals surface area contributed by atoms with Crippen molar-refractivity contribution in [3.63, 3.8) is 0 Å². The third-order valence-electron chi connectivity index (χ3n) is 5.75. The van der Waals surface area contributed by atoms with Crippen molar-refractivity contribution in [2.45, 2.75) is 19.3 Å². The molecular formula is C18H30N12O3. The molecule has 0 aromatic rings. The maximum atomic E-state index is 12.8. The second-order valence-corrected chi connectivity index (χ2v) is 8.11. The fraction of sp³-hybridized carbons (Fsp3) is 0.667. The van der Waals surface area contributed by atoms with Gasteiger partial charge in [-0.05, 0) is 19.3 Å². The highest BCUT2D eigenvalue weighted by atomic mass is 16.2. The summed E-state index contributed by atoms with van der Waals surface area (Å²) in [6, 6.07) is 0. The molecule has 4 rings (SSSR count). The molecule has 0 bridgehead atoms. The van der Waals surface area contributed by atoms with Crippen LogP contribution in [0.2, 0.25) is 0 Å². The molecule has 0 unspecified atom stereocenters. The lowest BCUT2D eigenvalue weighted by Gasteiger charge is -2.33. The van der Waals surface area contributed by atoms with E-state index < -0.39 is 17.8 Å². The number of rotatable bonds is 3. The summed E-state index contributed by atoms with van der Waals surface area (Å²) in [4.78, 5) is 50.9. The van der Waals surface area contributed by atoms with Crippen LogP contribution in [-0.2, 0) is 14.4 Å². The van der Waals surface area contributed by atoms with E-state index in [1.807, 2.05) is 0 Å². The number of hydrogen-bond donors (Lipinski definition) is 9. The van der Waals surface area contributed by atoms with Gasteiger partial charge in [0, 0.05) is 37.4 Å². The summed E-state index contributed by atoms with van der Waals surface area (Å²) >= 11 is 0. The Morgan fingerprint density at radius 2 is 0.879 bits per heavy atom. The van der Waals surface area contributed by atoms with Gasteiger partial charge in [0.2, 0.25) is 35.6 Å². The number of aliphatic imine (C=N–C) groups is 3. The first-order chi connectivity index (χ1) is 16.1. The number of nitrogens with zero attached hydrogens (tertiary/aromatic N) is 3. The van der Waals surface area contributed by atoms with Crippen molar-refractivity contribution in [2.75, 3.05) is 39.3 Å². The molecule has 33 heavy (non-hydrogen) atoms. The van der Waals surface area contributed by atoms with Crippen LogP contribution in [0.1, 0.15) is 19.3 Å². The van der Waals surface area contributed by atoms with Gasteiger partial charge in [-0.3, -0.25) is 61.9 Å². The van der Waals surface area contributed by atoms with Crippen LogP contribution in [0.5, 0.6) is 0 Å². The van der Waals surface area contributed by atoms with Crippen LogP contribution in [-0.4, -0.2) is 74.9 Å². The van der Waals surface area contributed by atoms with Crippen LogP contribution in [0.3, 0.4) is 0 Å². The second kappa shape index (κ2) is 10.7. The number of carbonyl (C=O) groups is 3. The van der Waals surface area contributed by atoms with Crippen LogP contribution in [0, 0.1) is 17.8 Å². The lowest BCUT2D eigenvalue weighted by Crippen LogP contribution is -2.54. The molecule has 15 nitrogen and oxygen atoms in total.